The Morgan fingerprint density at radius 2 is 1.80 bits per heavy atom. The van der Waals surface area contributed by atoms with E-state index in [9.17, 15) is 9.59 Å². The van der Waals surface area contributed by atoms with Gasteiger partial charge in [-0.05, 0) is 60.9 Å². The second-order valence-electron chi connectivity index (χ2n) is 8.87. The molecule has 1 atom stereocenters. The standard InChI is InChI=1S/C30H32N2O3/c1-22(26-17-11-14-24-13-6-7-16-27(24)26)31-19-9-5-8-18-30(2,3)29(34)32-21-23-12-10-15-25(20-23)28(33)35-4/h5-7,9-17,20,22,31H,19,21H2,1-4H3,(H,32,34)/b9-5+/t22-/m1/s1. The molecule has 0 saturated heterocycles. The summed E-state index contributed by atoms with van der Waals surface area (Å²) >= 11 is 0. The van der Waals surface area contributed by atoms with E-state index in [1.165, 1.54) is 23.4 Å². The van der Waals surface area contributed by atoms with E-state index in [1.807, 2.05) is 12.1 Å². The summed E-state index contributed by atoms with van der Waals surface area (Å²) in [6, 6.07) is 21.9. The topological polar surface area (TPSA) is 67.4 Å². The molecular formula is C30H32N2O3. The molecule has 35 heavy (non-hydrogen) atoms. The Morgan fingerprint density at radius 1 is 1.06 bits per heavy atom. The average molecular weight is 469 g/mol. The van der Waals surface area contributed by atoms with Gasteiger partial charge in [-0.15, -0.1) is 0 Å². The molecule has 0 aliphatic rings. The van der Waals surface area contributed by atoms with Gasteiger partial charge in [-0.3, -0.25) is 4.79 Å². The lowest BCUT2D eigenvalue weighted by Gasteiger charge is -2.17. The minimum atomic E-state index is -0.853. The predicted octanol–water partition coefficient (Wildman–Crippen LogP) is 5.18. The largest absolute Gasteiger partial charge is 0.465 e. The molecule has 0 heterocycles. The Labute approximate surface area is 207 Å². The molecule has 2 N–H and O–H groups in total. The molecule has 0 unspecified atom stereocenters. The highest BCUT2D eigenvalue weighted by Crippen LogP contribution is 2.23. The molecular weight excluding hydrogens is 436 g/mol. The molecule has 0 radical (unpaired) electrons. The zero-order chi connectivity index (χ0) is 25.3. The van der Waals surface area contributed by atoms with Gasteiger partial charge in [0.1, 0.15) is 5.41 Å². The first kappa shape index (κ1) is 25.7. The third-order valence-electron chi connectivity index (χ3n) is 5.79. The van der Waals surface area contributed by atoms with Gasteiger partial charge in [-0.25, -0.2) is 4.79 Å². The number of hydrogen-bond donors (Lipinski definition) is 2. The first-order chi connectivity index (χ1) is 16.8. The Kier molecular flexibility index (Phi) is 8.83. The van der Waals surface area contributed by atoms with E-state index in [-0.39, 0.29) is 11.9 Å². The van der Waals surface area contributed by atoms with Crippen LogP contribution in [0.5, 0.6) is 0 Å². The summed E-state index contributed by atoms with van der Waals surface area (Å²) in [6.07, 6.45) is 3.73. The summed E-state index contributed by atoms with van der Waals surface area (Å²) in [4.78, 5) is 24.3. The minimum absolute atomic E-state index is 0.176. The fourth-order valence-corrected chi connectivity index (χ4v) is 3.71. The van der Waals surface area contributed by atoms with Crippen LogP contribution in [0.1, 0.15) is 48.3 Å². The molecule has 0 saturated carbocycles. The van der Waals surface area contributed by atoms with E-state index in [1.54, 1.807) is 38.1 Å². The number of hydrogen-bond acceptors (Lipinski definition) is 4. The summed E-state index contributed by atoms with van der Waals surface area (Å²) < 4.78 is 4.74. The lowest BCUT2D eigenvalue weighted by molar-refractivity contribution is -0.126. The summed E-state index contributed by atoms with van der Waals surface area (Å²) in [5, 5.41) is 8.88. The van der Waals surface area contributed by atoms with Gasteiger partial charge >= 0.3 is 5.97 Å². The number of carbonyl (C=O) groups excluding carboxylic acids is 2. The monoisotopic (exact) mass is 468 g/mol. The maximum atomic E-state index is 12.6. The highest BCUT2D eigenvalue weighted by molar-refractivity contribution is 5.89. The van der Waals surface area contributed by atoms with Crippen molar-refractivity contribution in [2.45, 2.75) is 33.4 Å². The Morgan fingerprint density at radius 3 is 2.60 bits per heavy atom. The van der Waals surface area contributed by atoms with Crippen molar-refractivity contribution in [3.63, 3.8) is 0 Å². The van der Waals surface area contributed by atoms with Crippen LogP contribution in [0.4, 0.5) is 0 Å². The highest BCUT2D eigenvalue weighted by Gasteiger charge is 2.24. The minimum Gasteiger partial charge on any atom is -0.465 e. The molecule has 0 aliphatic carbocycles. The molecule has 0 aromatic heterocycles. The quantitative estimate of drug-likeness (QED) is 0.353. The smallest absolute Gasteiger partial charge is 0.337 e. The highest BCUT2D eigenvalue weighted by atomic mass is 16.5. The second kappa shape index (κ2) is 12.0. The van der Waals surface area contributed by atoms with Gasteiger partial charge in [0.05, 0.1) is 12.7 Å². The number of carbonyl (C=O) groups is 2. The van der Waals surface area contributed by atoms with Crippen LogP contribution in [-0.2, 0) is 16.1 Å². The van der Waals surface area contributed by atoms with Crippen molar-refractivity contribution in [3.8, 4) is 11.8 Å². The zero-order valence-electron chi connectivity index (χ0n) is 20.7. The first-order valence-electron chi connectivity index (χ1n) is 11.7. The lowest BCUT2D eigenvalue weighted by atomic mass is 9.93. The zero-order valence-corrected chi connectivity index (χ0v) is 20.7. The lowest BCUT2D eigenvalue weighted by Crippen LogP contribution is -2.35. The van der Waals surface area contributed by atoms with Crippen molar-refractivity contribution in [2.75, 3.05) is 13.7 Å². The maximum absolute atomic E-state index is 12.6. The molecule has 0 spiro atoms. The van der Waals surface area contributed by atoms with Crippen LogP contribution < -0.4 is 10.6 Å². The molecule has 3 rings (SSSR count). The second-order valence-corrected chi connectivity index (χ2v) is 8.87. The molecule has 3 aromatic carbocycles. The SMILES string of the molecule is COC(=O)c1cccc(CNC(=O)C(C)(C)C#C/C=C/CN[C@H](C)c2cccc3ccccc23)c1. The Bertz CT molecular complexity index is 1280. The number of amides is 1. The number of allylic oxidation sites excluding steroid dienone is 1. The number of fused-ring (bicyclic) bond motifs is 1. The maximum Gasteiger partial charge on any atom is 0.337 e. The fraction of sp³-hybridized carbons (Fsp3) is 0.267. The molecule has 0 bridgehead atoms. The van der Waals surface area contributed by atoms with Gasteiger partial charge in [0, 0.05) is 19.1 Å². The third kappa shape index (κ3) is 7.05. The number of esters is 1. The van der Waals surface area contributed by atoms with Crippen LogP contribution in [0.3, 0.4) is 0 Å². The summed E-state index contributed by atoms with van der Waals surface area (Å²) in [5.41, 5.74) is 1.68. The summed E-state index contributed by atoms with van der Waals surface area (Å²) in [6.45, 7) is 6.70. The molecule has 1 amide bonds. The van der Waals surface area contributed by atoms with Gasteiger partial charge in [-0.2, -0.15) is 0 Å². The molecule has 0 aliphatic heterocycles. The predicted molar refractivity (Wildman–Crippen MR) is 141 cm³/mol. The summed E-state index contributed by atoms with van der Waals surface area (Å²) in [5.74, 6) is 5.43. The first-order valence-corrected chi connectivity index (χ1v) is 11.7. The van der Waals surface area contributed by atoms with Crippen LogP contribution in [0.25, 0.3) is 10.8 Å². The number of methoxy groups -OCH3 is 1. The van der Waals surface area contributed by atoms with Crippen LogP contribution >= 0.6 is 0 Å². The third-order valence-corrected chi connectivity index (χ3v) is 5.79. The van der Waals surface area contributed by atoms with Crippen molar-refractivity contribution in [3.05, 3.63) is 95.6 Å². The van der Waals surface area contributed by atoms with Crippen LogP contribution in [-0.4, -0.2) is 25.5 Å². The van der Waals surface area contributed by atoms with Crippen molar-refractivity contribution in [1.82, 2.24) is 10.6 Å². The van der Waals surface area contributed by atoms with Crippen molar-refractivity contribution in [1.29, 1.82) is 0 Å². The van der Waals surface area contributed by atoms with Gasteiger partial charge in [0.2, 0.25) is 5.91 Å². The molecule has 3 aromatic rings. The molecule has 180 valence electrons. The van der Waals surface area contributed by atoms with Crippen molar-refractivity contribution < 1.29 is 14.3 Å². The molecule has 0 fully saturated rings. The van der Waals surface area contributed by atoms with E-state index in [0.29, 0.717) is 18.7 Å². The molecule has 5 heteroatoms. The van der Waals surface area contributed by atoms with Gasteiger partial charge < -0.3 is 15.4 Å². The van der Waals surface area contributed by atoms with Crippen molar-refractivity contribution >= 4 is 22.6 Å². The van der Waals surface area contributed by atoms with Crippen LogP contribution in [0.15, 0.2) is 78.9 Å². The number of ether oxygens (including phenoxy) is 1. The molecule has 5 nitrogen and oxygen atoms in total. The fourth-order valence-electron chi connectivity index (χ4n) is 3.71. The van der Waals surface area contributed by atoms with Crippen LogP contribution in [0.2, 0.25) is 0 Å². The van der Waals surface area contributed by atoms with E-state index in [2.05, 4.69) is 71.9 Å². The average Bonchev–Trinajstić information content (AvgIpc) is 2.88. The Hall–Kier alpha value is -3.88. The number of rotatable bonds is 8. The van der Waals surface area contributed by atoms with E-state index in [4.69, 9.17) is 4.74 Å². The van der Waals surface area contributed by atoms with Gasteiger partial charge in [0.25, 0.3) is 0 Å². The van der Waals surface area contributed by atoms with E-state index < -0.39 is 11.4 Å². The normalized spacial score (nSPS) is 12.1. The Balaban J connectivity index is 1.50. The van der Waals surface area contributed by atoms with E-state index >= 15 is 0 Å². The van der Waals surface area contributed by atoms with Crippen LogP contribution in [0, 0.1) is 17.3 Å². The summed E-state index contributed by atoms with van der Waals surface area (Å²) in [7, 11) is 1.34. The number of benzene rings is 3. The van der Waals surface area contributed by atoms with E-state index in [0.717, 1.165) is 5.56 Å². The van der Waals surface area contributed by atoms with Gasteiger partial charge in [-0.1, -0.05) is 72.5 Å². The van der Waals surface area contributed by atoms with Crippen molar-refractivity contribution in [2.24, 2.45) is 5.41 Å². The van der Waals surface area contributed by atoms with Gasteiger partial charge in [0.15, 0.2) is 0 Å². The number of nitrogens with one attached hydrogen (secondary N) is 2.